The Balaban J connectivity index is 1.89. The number of pyridine rings is 1. The van der Waals surface area contributed by atoms with E-state index in [1.807, 2.05) is 14.1 Å². The summed E-state index contributed by atoms with van der Waals surface area (Å²) in [6.07, 6.45) is 2.37. The normalized spacial score (nSPS) is 20.4. The van der Waals surface area contributed by atoms with E-state index in [4.69, 9.17) is 0 Å². The number of nitrogens with zero attached hydrogens (tertiary/aromatic N) is 2. The van der Waals surface area contributed by atoms with E-state index in [-0.39, 0.29) is 18.4 Å². The number of benzene rings is 1. The summed E-state index contributed by atoms with van der Waals surface area (Å²) in [5.74, 6) is -0.405. The van der Waals surface area contributed by atoms with Gasteiger partial charge >= 0.3 is 0 Å². The molecule has 2 heterocycles. The third kappa shape index (κ3) is 4.20. The standard InChI is InChI=1S/C20H26FN3O3/c1-23(2)18-7-8-24(12-13(18)4-3-9-25)20(27)16-11-19(26)22-17-10-14(21)5-6-15(16)17/h5-6,10-11,13,18,25H,3-4,7-9,12H2,1-2H3,(H,22,26)/t13-,18+/m1/s1. The summed E-state index contributed by atoms with van der Waals surface area (Å²) >= 11 is 0. The van der Waals surface area contributed by atoms with E-state index in [2.05, 4.69) is 9.88 Å². The summed E-state index contributed by atoms with van der Waals surface area (Å²) in [5, 5.41) is 9.73. The number of H-pyrrole nitrogens is 1. The lowest BCUT2D eigenvalue weighted by Crippen LogP contribution is -2.50. The zero-order chi connectivity index (χ0) is 19.6. The predicted octanol–water partition coefficient (Wildman–Crippen LogP) is 1.83. The van der Waals surface area contributed by atoms with Crippen LogP contribution in [-0.4, -0.2) is 65.6 Å². The molecule has 1 aliphatic heterocycles. The molecule has 0 unspecified atom stereocenters. The number of fused-ring (bicyclic) bond motifs is 1. The first-order valence-corrected chi connectivity index (χ1v) is 9.30. The van der Waals surface area contributed by atoms with E-state index in [9.17, 15) is 19.1 Å². The maximum absolute atomic E-state index is 13.5. The van der Waals surface area contributed by atoms with Crippen LogP contribution in [-0.2, 0) is 0 Å². The molecule has 1 aromatic heterocycles. The van der Waals surface area contributed by atoms with Gasteiger partial charge in [0.25, 0.3) is 5.91 Å². The average Bonchev–Trinajstić information content (AvgIpc) is 2.64. The van der Waals surface area contributed by atoms with E-state index in [0.29, 0.717) is 42.0 Å². The highest BCUT2D eigenvalue weighted by Crippen LogP contribution is 2.27. The van der Waals surface area contributed by atoms with E-state index < -0.39 is 11.4 Å². The third-order valence-electron chi connectivity index (χ3n) is 5.41. The van der Waals surface area contributed by atoms with E-state index in [0.717, 1.165) is 12.8 Å². The molecule has 2 N–H and O–H groups in total. The van der Waals surface area contributed by atoms with Crippen LogP contribution >= 0.6 is 0 Å². The van der Waals surface area contributed by atoms with Crippen LogP contribution < -0.4 is 5.56 Å². The number of aliphatic hydroxyl groups excluding tert-OH is 1. The number of hydrogen-bond donors (Lipinski definition) is 2. The fourth-order valence-electron chi connectivity index (χ4n) is 4.10. The summed E-state index contributed by atoms with van der Waals surface area (Å²) in [6, 6.07) is 5.70. The number of amides is 1. The van der Waals surface area contributed by atoms with Crippen LogP contribution in [0.1, 0.15) is 29.6 Å². The summed E-state index contributed by atoms with van der Waals surface area (Å²) < 4.78 is 13.5. The van der Waals surface area contributed by atoms with Crippen molar-refractivity contribution in [2.75, 3.05) is 33.8 Å². The molecule has 0 bridgehead atoms. The molecule has 0 spiro atoms. The topological polar surface area (TPSA) is 76.6 Å². The van der Waals surface area contributed by atoms with Crippen molar-refractivity contribution < 1.29 is 14.3 Å². The molecule has 0 aliphatic carbocycles. The molecule has 1 amide bonds. The molecule has 2 aromatic rings. The van der Waals surface area contributed by atoms with Crippen molar-refractivity contribution in [2.45, 2.75) is 25.3 Å². The monoisotopic (exact) mass is 375 g/mol. The molecular weight excluding hydrogens is 349 g/mol. The van der Waals surface area contributed by atoms with Crippen LogP contribution in [0, 0.1) is 11.7 Å². The molecular formula is C20H26FN3O3. The van der Waals surface area contributed by atoms with Crippen molar-refractivity contribution in [1.29, 1.82) is 0 Å². The van der Waals surface area contributed by atoms with Crippen molar-refractivity contribution in [3.63, 3.8) is 0 Å². The number of nitrogens with one attached hydrogen (secondary N) is 1. The average molecular weight is 375 g/mol. The van der Waals surface area contributed by atoms with Gasteiger partial charge in [-0.2, -0.15) is 0 Å². The van der Waals surface area contributed by atoms with Gasteiger partial charge in [0, 0.05) is 37.2 Å². The lowest BCUT2D eigenvalue weighted by Gasteiger charge is -2.41. The highest BCUT2D eigenvalue weighted by Gasteiger charge is 2.33. The maximum atomic E-state index is 13.5. The zero-order valence-corrected chi connectivity index (χ0v) is 15.7. The van der Waals surface area contributed by atoms with Gasteiger partial charge in [-0.25, -0.2) is 4.39 Å². The number of hydrogen-bond acceptors (Lipinski definition) is 4. The first-order chi connectivity index (χ1) is 12.9. The number of carbonyl (C=O) groups is 1. The Labute approximate surface area is 157 Å². The van der Waals surface area contributed by atoms with Crippen LogP contribution in [0.15, 0.2) is 29.1 Å². The van der Waals surface area contributed by atoms with Crippen molar-refractivity contribution >= 4 is 16.8 Å². The fraction of sp³-hybridized carbons (Fsp3) is 0.500. The Morgan fingerprint density at radius 1 is 1.37 bits per heavy atom. The first kappa shape index (κ1) is 19.5. The zero-order valence-electron chi connectivity index (χ0n) is 15.7. The Bertz CT molecular complexity index is 880. The number of aromatic amines is 1. The molecule has 0 radical (unpaired) electrons. The molecule has 1 aliphatic rings. The lowest BCUT2D eigenvalue weighted by atomic mass is 9.87. The Morgan fingerprint density at radius 2 is 2.15 bits per heavy atom. The minimum Gasteiger partial charge on any atom is -0.396 e. The quantitative estimate of drug-likeness (QED) is 0.836. The summed E-state index contributed by atoms with van der Waals surface area (Å²) in [6.45, 7) is 1.32. The number of likely N-dealkylation sites (tertiary alicyclic amines) is 1. The Kier molecular flexibility index (Phi) is 5.92. The number of carbonyl (C=O) groups excluding carboxylic acids is 1. The molecule has 1 aromatic carbocycles. The third-order valence-corrected chi connectivity index (χ3v) is 5.41. The van der Waals surface area contributed by atoms with Crippen LogP contribution in [0.4, 0.5) is 4.39 Å². The molecule has 3 rings (SSSR count). The van der Waals surface area contributed by atoms with Gasteiger partial charge in [-0.1, -0.05) is 0 Å². The van der Waals surface area contributed by atoms with Gasteiger partial charge in [0.2, 0.25) is 5.56 Å². The second-order valence-corrected chi connectivity index (χ2v) is 7.43. The lowest BCUT2D eigenvalue weighted by molar-refractivity contribution is 0.0497. The smallest absolute Gasteiger partial charge is 0.254 e. The van der Waals surface area contributed by atoms with Crippen molar-refractivity contribution in [3.8, 4) is 0 Å². The molecule has 2 atom stereocenters. The van der Waals surface area contributed by atoms with Gasteiger partial charge in [0.15, 0.2) is 0 Å². The molecule has 27 heavy (non-hydrogen) atoms. The highest BCUT2D eigenvalue weighted by atomic mass is 19.1. The fourth-order valence-corrected chi connectivity index (χ4v) is 4.10. The van der Waals surface area contributed by atoms with Gasteiger partial charge in [0.1, 0.15) is 5.82 Å². The van der Waals surface area contributed by atoms with E-state index in [1.165, 1.54) is 24.3 Å². The second kappa shape index (κ2) is 8.19. The summed E-state index contributed by atoms with van der Waals surface area (Å²) in [7, 11) is 4.07. The number of aliphatic hydroxyl groups is 1. The molecule has 6 nitrogen and oxygen atoms in total. The van der Waals surface area contributed by atoms with E-state index in [1.54, 1.807) is 4.90 Å². The molecule has 146 valence electrons. The number of halogens is 1. The van der Waals surface area contributed by atoms with Gasteiger partial charge in [-0.3, -0.25) is 9.59 Å². The van der Waals surface area contributed by atoms with Gasteiger partial charge in [-0.15, -0.1) is 0 Å². The van der Waals surface area contributed by atoms with Gasteiger partial charge in [-0.05, 0) is 57.5 Å². The molecule has 1 saturated heterocycles. The van der Waals surface area contributed by atoms with Crippen LogP contribution in [0.2, 0.25) is 0 Å². The second-order valence-electron chi connectivity index (χ2n) is 7.43. The Hall–Kier alpha value is -2.25. The highest BCUT2D eigenvalue weighted by molar-refractivity contribution is 6.06. The number of rotatable bonds is 5. The first-order valence-electron chi connectivity index (χ1n) is 9.30. The SMILES string of the molecule is CN(C)[C@H]1CCN(C(=O)c2cc(=O)[nH]c3cc(F)ccc23)C[C@H]1CCCO. The van der Waals surface area contributed by atoms with Gasteiger partial charge < -0.3 is 19.9 Å². The van der Waals surface area contributed by atoms with E-state index >= 15 is 0 Å². The molecule has 0 saturated carbocycles. The maximum Gasteiger partial charge on any atom is 0.254 e. The predicted molar refractivity (Wildman–Crippen MR) is 102 cm³/mol. The Morgan fingerprint density at radius 3 is 2.85 bits per heavy atom. The number of piperidine rings is 1. The van der Waals surface area contributed by atoms with Crippen LogP contribution in [0.25, 0.3) is 10.9 Å². The van der Waals surface area contributed by atoms with Gasteiger partial charge in [0.05, 0.1) is 11.1 Å². The largest absolute Gasteiger partial charge is 0.396 e. The van der Waals surface area contributed by atoms with Crippen LogP contribution in [0.3, 0.4) is 0 Å². The minimum atomic E-state index is -0.460. The summed E-state index contributed by atoms with van der Waals surface area (Å²) in [5.41, 5.74) is 0.209. The van der Waals surface area contributed by atoms with Crippen LogP contribution in [0.5, 0.6) is 0 Å². The van der Waals surface area contributed by atoms with Crippen molar-refractivity contribution in [3.05, 3.63) is 46.0 Å². The van der Waals surface area contributed by atoms with Crippen molar-refractivity contribution in [1.82, 2.24) is 14.8 Å². The molecule has 1 fully saturated rings. The number of aromatic nitrogens is 1. The summed E-state index contributed by atoms with van der Waals surface area (Å²) in [4.78, 5) is 31.7. The molecule has 7 heteroatoms. The van der Waals surface area contributed by atoms with Crippen molar-refractivity contribution in [2.24, 2.45) is 5.92 Å². The minimum absolute atomic E-state index is 0.134.